The maximum absolute atomic E-state index is 12.5. The molecule has 0 aromatic carbocycles. The van der Waals surface area contributed by atoms with Crippen LogP contribution in [0.2, 0.25) is 0 Å². The van der Waals surface area contributed by atoms with E-state index in [0.29, 0.717) is 0 Å². The highest BCUT2D eigenvalue weighted by molar-refractivity contribution is 7.99. The van der Waals surface area contributed by atoms with Gasteiger partial charge in [0.1, 0.15) is 0 Å². The summed E-state index contributed by atoms with van der Waals surface area (Å²) < 4.78 is 0. The summed E-state index contributed by atoms with van der Waals surface area (Å²) in [7, 11) is 8.31. The van der Waals surface area contributed by atoms with E-state index in [2.05, 4.69) is 48.2 Å². The first-order valence-corrected chi connectivity index (χ1v) is 8.55. The van der Waals surface area contributed by atoms with Gasteiger partial charge in [0, 0.05) is 24.7 Å². The molecule has 1 heterocycles. The summed E-state index contributed by atoms with van der Waals surface area (Å²) in [6.07, 6.45) is 2.08. The van der Waals surface area contributed by atoms with Crippen molar-refractivity contribution in [3.63, 3.8) is 0 Å². The molecule has 0 radical (unpaired) electrons. The zero-order valence-corrected chi connectivity index (χ0v) is 14.2. The fraction of sp³-hybridized carbons (Fsp3) is 0.929. The van der Waals surface area contributed by atoms with E-state index in [-0.39, 0.29) is 11.9 Å². The molecule has 0 saturated carbocycles. The molecule has 0 aromatic heterocycles. The van der Waals surface area contributed by atoms with Gasteiger partial charge in [0.25, 0.3) is 0 Å². The number of nitrogens with zero attached hydrogens (tertiary/aromatic N) is 3. The van der Waals surface area contributed by atoms with Crippen LogP contribution in [0.3, 0.4) is 0 Å². The van der Waals surface area contributed by atoms with Gasteiger partial charge in [0.15, 0.2) is 0 Å². The maximum atomic E-state index is 12.5. The van der Waals surface area contributed by atoms with E-state index in [1.54, 1.807) is 0 Å². The van der Waals surface area contributed by atoms with E-state index in [1.807, 2.05) is 11.8 Å². The Morgan fingerprint density at radius 1 is 1.05 bits per heavy atom. The van der Waals surface area contributed by atoms with Crippen LogP contribution in [0.5, 0.6) is 0 Å². The number of nitrogens with one attached hydrogen (secondary N) is 1. The molecule has 1 atom stereocenters. The zero-order valence-electron chi connectivity index (χ0n) is 13.4. The fourth-order valence-corrected chi connectivity index (χ4v) is 3.20. The van der Waals surface area contributed by atoms with Crippen LogP contribution in [0, 0.1) is 0 Å². The summed E-state index contributed by atoms with van der Waals surface area (Å²) >= 11 is 1.81. The lowest BCUT2D eigenvalue weighted by molar-refractivity contribution is -0.132. The third kappa shape index (κ3) is 6.92. The lowest BCUT2D eigenvalue weighted by Crippen LogP contribution is -2.46. The molecule has 118 valence electrons. The quantitative estimate of drug-likeness (QED) is 0.667. The molecule has 1 rings (SSSR count). The Morgan fingerprint density at radius 2 is 1.60 bits per heavy atom. The van der Waals surface area contributed by atoms with Crippen molar-refractivity contribution in [2.75, 3.05) is 66.0 Å². The average Bonchev–Trinajstić information content (AvgIpc) is 2.89. The molecule has 1 aliphatic heterocycles. The highest BCUT2D eigenvalue weighted by Gasteiger charge is 2.26. The fourth-order valence-electron chi connectivity index (χ4n) is 2.26. The highest BCUT2D eigenvalue weighted by atomic mass is 32.2. The van der Waals surface area contributed by atoms with Gasteiger partial charge >= 0.3 is 0 Å². The van der Waals surface area contributed by atoms with E-state index >= 15 is 0 Å². The summed E-state index contributed by atoms with van der Waals surface area (Å²) in [6.45, 7) is 3.80. The van der Waals surface area contributed by atoms with E-state index in [1.165, 1.54) is 0 Å². The lowest BCUT2D eigenvalue weighted by atomic mass is 10.2. The number of rotatable bonds is 9. The van der Waals surface area contributed by atoms with Gasteiger partial charge in [-0.25, -0.2) is 0 Å². The Bertz CT molecular complexity index is 266. The number of carbonyl (C=O) groups is 1. The van der Waals surface area contributed by atoms with Gasteiger partial charge in [-0.1, -0.05) is 0 Å². The van der Waals surface area contributed by atoms with Crippen LogP contribution < -0.4 is 5.32 Å². The van der Waals surface area contributed by atoms with Gasteiger partial charge in [0.2, 0.25) is 5.91 Å². The second-order valence-electron chi connectivity index (χ2n) is 5.91. The predicted molar refractivity (Wildman–Crippen MR) is 87.2 cm³/mol. The SMILES string of the molecule is CN(C)CCCN(CCCN(C)C)C(=O)C1CSCN1. The van der Waals surface area contributed by atoms with Crippen molar-refractivity contribution in [3.8, 4) is 0 Å². The summed E-state index contributed by atoms with van der Waals surface area (Å²) in [4.78, 5) is 18.9. The van der Waals surface area contributed by atoms with E-state index in [0.717, 1.165) is 50.7 Å². The first-order valence-electron chi connectivity index (χ1n) is 7.40. The Morgan fingerprint density at radius 3 is 2.00 bits per heavy atom. The first kappa shape index (κ1) is 17.8. The van der Waals surface area contributed by atoms with Crippen LogP contribution >= 0.6 is 11.8 Å². The van der Waals surface area contributed by atoms with Crippen LogP contribution in [0.25, 0.3) is 0 Å². The van der Waals surface area contributed by atoms with Crippen LogP contribution in [0.4, 0.5) is 0 Å². The Balaban J connectivity index is 2.41. The largest absolute Gasteiger partial charge is 0.341 e. The van der Waals surface area contributed by atoms with Crippen molar-refractivity contribution < 1.29 is 4.79 Å². The first-order chi connectivity index (χ1) is 9.50. The molecule has 5 nitrogen and oxygen atoms in total. The highest BCUT2D eigenvalue weighted by Crippen LogP contribution is 2.12. The summed E-state index contributed by atoms with van der Waals surface area (Å²) in [6, 6.07) is 0.0266. The molecular weight excluding hydrogens is 272 g/mol. The second-order valence-corrected chi connectivity index (χ2v) is 6.94. The molecule has 6 heteroatoms. The molecule has 20 heavy (non-hydrogen) atoms. The van der Waals surface area contributed by atoms with Crippen molar-refractivity contribution >= 4 is 17.7 Å². The van der Waals surface area contributed by atoms with Gasteiger partial charge in [-0.3, -0.25) is 10.1 Å². The topological polar surface area (TPSA) is 38.8 Å². The van der Waals surface area contributed by atoms with Crippen molar-refractivity contribution in [1.82, 2.24) is 20.0 Å². The van der Waals surface area contributed by atoms with E-state index in [9.17, 15) is 4.79 Å². The molecule has 0 spiro atoms. The van der Waals surface area contributed by atoms with E-state index < -0.39 is 0 Å². The van der Waals surface area contributed by atoms with Crippen LogP contribution in [0.1, 0.15) is 12.8 Å². The molecule has 1 N–H and O–H groups in total. The minimum Gasteiger partial charge on any atom is -0.341 e. The average molecular weight is 302 g/mol. The summed E-state index contributed by atoms with van der Waals surface area (Å²) in [5, 5.41) is 3.29. The van der Waals surface area contributed by atoms with Crippen LogP contribution in [-0.4, -0.2) is 92.6 Å². The minimum absolute atomic E-state index is 0.0266. The minimum atomic E-state index is 0.0266. The molecule has 0 aliphatic carbocycles. The number of amides is 1. The lowest BCUT2D eigenvalue weighted by Gasteiger charge is -2.26. The molecule has 1 amide bonds. The van der Waals surface area contributed by atoms with Crippen LogP contribution in [-0.2, 0) is 4.79 Å². The summed E-state index contributed by atoms with van der Waals surface area (Å²) in [5.74, 6) is 2.10. The maximum Gasteiger partial charge on any atom is 0.240 e. The molecular formula is C14H30N4OS. The monoisotopic (exact) mass is 302 g/mol. The number of carbonyl (C=O) groups excluding carboxylic acids is 1. The molecule has 1 aliphatic rings. The van der Waals surface area contributed by atoms with Gasteiger partial charge in [-0.05, 0) is 54.1 Å². The summed E-state index contributed by atoms with van der Waals surface area (Å²) in [5.41, 5.74) is 0. The van der Waals surface area contributed by atoms with Gasteiger partial charge in [-0.2, -0.15) is 0 Å². The van der Waals surface area contributed by atoms with Gasteiger partial charge in [0.05, 0.1) is 6.04 Å². The Kier molecular flexibility index (Phi) is 8.52. The molecule has 1 saturated heterocycles. The predicted octanol–water partition coefficient (Wildman–Crippen LogP) is 0.381. The second kappa shape index (κ2) is 9.60. The third-order valence-electron chi connectivity index (χ3n) is 3.39. The molecule has 0 bridgehead atoms. The molecule has 1 unspecified atom stereocenters. The van der Waals surface area contributed by atoms with E-state index in [4.69, 9.17) is 0 Å². The third-order valence-corrected chi connectivity index (χ3v) is 4.33. The van der Waals surface area contributed by atoms with Crippen molar-refractivity contribution in [1.29, 1.82) is 0 Å². The number of hydrogen-bond acceptors (Lipinski definition) is 5. The standard InChI is InChI=1S/C14H30N4OS/c1-16(2)7-5-9-18(10-6-8-17(3)4)14(19)13-11-20-12-15-13/h13,15H,5-12H2,1-4H3. The number of hydrogen-bond donors (Lipinski definition) is 1. The Hall–Kier alpha value is -0.300. The normalized spacial score (nSPS) is 19.0. The number of thioether (sulfide) groups is 1. The van der Waals surface area contributed by atoms with Gasteiger partial charge < -0.3 is 14.7 Å². The van der Waals surface area contributed by atoms with Crippen molar-refractivity contribution in [2.24, 2.45) is 0 Å². The smallest absolute Gasteiger partial charge is 0.240 e. The van der Waals surface area contributed by atoms with Crippen LogP contribution in [0.15, 0.2) is 0 Å². The van der Waals surface area contributed by atoms with Crippen molar-refractivity contribution in [2.45, 2.75) is 18.9 Å². The van der Waals surface area contributed by atoms with Gasteiger partial charge in [-0.15, -0.1) is 11.8 Å². The van der Waals surface area contributed by atoms with Crippen molar-refractivity contribution in [3.05, 3.63) is 0 Å². The Labute approximate surface area is 128 Å². The molecule has 1 fully saturated rings. The zero-order chi connectivity index (χ0) is 15.0. The molecule has 0 aromatic rings.